The SMILES string of the molecule is CC1CCC(CN)C(Sc2ccc(F)cc2)C1. The van der Waals surface area contributed by atoms with E-state index in [4.69, 9.17) is 5.73 Å². The quantitative estimate of drug-likeness (QED) is 0.889. The van der Waals surface area contributed by atoms with E-state index in [0.717, 1.165) is 17.4 Å². The highest BCUT2D eigenvalue weighted by atomic mass is 32.2. The molecule has 2 N–H and O–H groups in total. The summed E-state index contributed by atoms with van der Waals surface area (Å²) in [6.45, 7) is 3.08. The summed E-state index contributed by atoms with van der Waals surface area (Å²) >= 11 is 1.86. The van der Waals surface area contributed by atoms with Gasteiger partial charge in [0.05, 0.1) is 0 Å². The molecule has 2 rings (SSSR count). The summed E-state index contributed by atoms with van der Waals surface area (Å²) in [7, 11) is 0. The average Bonchev–Trinajstić information content (AvgIpc) is 2.32. The summed E-state index contributed by atoms with van der Waals surface area (Å²) in [4.78, 5) is 1.16. The van der Waals surface area contributed by atoms with Crippen LogP contribution in [0.25, 0.3) is 0 Å². The summed E-state index contributed by atoms with van der Waals surface area (Å²) in [6, 6.07) is 6.80. The molecule has 0 amide bonds. The van der Waals surface area contributed by atoms with Crippen LogP contribution in [0.1, 0.15) is 26.2 Å². The van der Waals surface area contributed by atoms with E-state index in [9.17, 15) is 4.39 Å². The predicted molar refractivity (Wildman–Crippen MR) is 71.6 cm³/mol. The number of thioether (sulfide) groups is 1. The van der Waals surface area contributed by atoms with Gasteiger partial charge in [0.1, 0.15) is 5.82 Å². The summed E-state index contributed by atoms with van der Waals surface area (Å²) in [5, 5.41) is 0.592. The van der Waals surface area contributed by atoms with Crippen molar-refractivity contribution in [3.63, 3.8) is 0 Å². The Morgan fingerprint density at radius 3 is 2.65 bits per heavy atom. The normalized spacial score (nSPS) is 29.2. The van der Waals surface area contributed by atoms with Crippen LogP contribution >= 0.6 is 11.8 Å². The largest absolute Gasteiger partial charge is 0.330 e. The molecule has 0 heterocycles. The predicted octanol–water partition coefficient (Wildman–Crippen LogP) is 3.68. The lowest BCUT2D eigenvalue weighted by atomic mass is 9.82. The molecule has 0 saturated heterocycles. The van der Waals surface area contributed by atoms with E-state index in [1.54, 1.807) is 0 Å². The lowest BCUT2D eigenvalue weighted by molar-refractivity contribution is 0.306. The first kappa shape index (κ1) is 12.9. The van der Waals surface area contributed by atoms with Crippen LogP contribution in [0.4, 0.5) is 4.39 Å². The van der Waals surface area contributed by atoms with E-state index in [2.05, 4.69) is 6.92 Å². The Balaban J connectivity index is 2.02. The van der Waals surface area contributed by atoms with Gasteiger partial charge in [-0.2, -0.15) is 0 Å². The van der Waals surface area contributed by atoms with E-state index in [1.165, 1.54) is 31.4 Å². The second kappa shape index (κ2) is 5.87. The van der Waals surface area contributed by atoms with Crippen LogP contribution in [-0.4, -0.2) is 11.8 Å². The maximum Gasteiger partial charge on any atom is 0.123 e. The minimum Gasteiger partial charge on any atom is -0.330 e. The number of rotatable bonds is 3. The minimum atomic E-state index is -0.165. The van der Waals surface area contributed by atoms with E-state index >= 15 is 0 Å². The van der Waals surface area contributed by atoms with Gasteiger partial charge in [0.15, 0.2) is 0 Å². The highest BCUT2D eigenvalue weighted by Crippen LogP contribution is 2.39. The molecule has 1 fully saturated rings. The number of hydrogen-bond donors (Lipinski definition) is 1. The molecular weight excluding hydrogens is 233 g/mol. The summed E-state index contributed by atoms with van der Waals surface area (Å²) < 4.78 is 12.8. The van der Waals surface area contributed by atoms with Crippen LogP contribution in [-0.2, 0) is 0 Å². The second-order valence-corrected chi connectivity index (χ2v) is 6.34. The number of halogens is 1. The van der Waals surface area contributed by atoms with Crippen molar-refractivity contribution in [2.45, 2.75) is 36.3 Å². The van der Waals surface area contributed by atoms with Crippen LogP contribution < -0.4 is 5.73 Å². The maximum atomic E-state index is 12.8. The third-order valence-corrected chi connectivity index (χ3v) is 5.02. The fourth-order valence-corrected chi connectivity index (χ4v) is 4.00. The topological polar surface area (TPSA) is 26.0 Å². The van der Waals surface area contributed by atoms with Gasteiger partial charge in [0.2, 0.25) is 0 Å². The van der Waals surface area contributed by atoms with Crippen molar-refractivity contribution >= 4 is 11.8 Å². The summed E-state index contributed by atoms with van der Waals surface area (Å²) in [6.07, 6.45) is 3.75. The van der Waals surface area contributed by atoms with Crippen LogP contribution in [0.15, 0.2) is 29.2 Å². The van der Waals surface area contributed by atoms with Crippen LogP contribution in [0.3, 0.4) is 0 Å². The molecule has 0 aromatic heterocycles. The highest BCUT2D eigenvalue weighted by molar-refractivity contribution is 8.00. The third kappa shape index (κ3) is 3.46. The van der Waals surface area contributed by atoms with Gasteiger partial charge in [-0.15, -0.1) is 11.8 Å². The van der Waals surface area contributed by atoms with E-state index in [0.29, 0.717) is 11.2 Å². The molecule has 1 aliphatic rings. The molecule has 1 nitrogen and oxygen atoms in total. The molecule has 1 aromatic carbocycles. The minimum absolute atomic E-state index is 0.165. The zero-order chi connectivity index (χ0) is 12.3. The van der Waals surface area contributed by atoms with Gasteiger partial charge in [-0.3, -0.25) is 0 Å². The third-order valence-electron chi connectivity index (χ3n) is 3.59. The molecule has 0 spiro atoms. The molecule has 0 bridgehead atoms. The van der Waals surface area contributed by atoms with E-state index in [-0.39, 0.29) is 5.82 Å². The Labute approximate surface area is 107 Å². The van der Waals surface area contributed by atoms with Crippen LogP contribution in [0.2, 0.25) is 0 Å². The molecule has 3 unspecified atom stereocenters. The fraction of sp³-hybridized carbons (Fsp3) is 0.571. The first-order valence-corrected chi connectivity index (χ1v) is 7.19. The zero-order valence-corrected chi connectivity index (χ0v) is 11.0. The number of benzene rings is 1. The molecule has 0 radical (unpaired) electrons. The van der Waals surface area contributed by atoms with Crippen LogP contribution in [0.5, 0.6) is 0 Å². The second-order valence-electron chi connectivity index (χ2n) is 5.02. The molecule has 1 aromatic rings. The van der Waals surface area contributed by atoms with Crippen molar-refractivity contribution in [3.8, 4) is 0 Å². The van der Waals surface area contributed by atoms with Crippen LogP contribution in [0, 0.1) is 17.7 Å². The molecule has 94 valence electrons. The Morgan fingerprint density at radius 1 is 1.29 bits per heavy atom. The van der Waals surface area contributed by atoms with Crippen molar-refractivity contribution in [1.82, 2.24) is 0 Å². The number of hydrogen-bond acceptors (Lipinski definition) is 2. The standard InChI is InChI=1S/C14H20FNS/c1-10-2-3-11(9-16)14(8-10)17-13-6-4-12(15)5-7-13/h4-7,10-11,14H,2-3,8-9,16H2,1H3. The van der Waals surface area contributed by atoms with Gasteiger partial charge in [-0.25, -0.2) is 4.39 Å². The summed E-state index contributed by atoms with van der Waals surface area (Å²) in [5.74, 6) is 1.23. The Hall–Kier alpha value is -0.540. The van der Waals surface area contributed by atoms with E-state index in [1.807, 2.05) is 23.9 Å². The smallest absolute Gasteiger partial charge is 0.123 e. The molecule has 1 saturated carbocycles. The Morgan fingerprint density at radius 2 is 2.00 bits per heavy atom. The Kier molecular flexibility index (Phi) is 4.46. The van der Waals surface area contributed by atoms with Gasteiger partial charge in [-0.05, 0) is 55.5 Å². The Bertz CT molecular complexity index is 352. The lowest BCUT2D eigenvalue weighted by Gasteiger charge is -2.33. The molecular formula is C14H20FNS. The van der Waals surface area contributed by atoms with Gasteiger partial charge in [0.25, 0.3) is 0 Å². The average molecular weight is 253 g/mol. The van der Waals surface area contributed by atoms with Gasteiger partial charge in [0, 0.05) is 10.1 Å². The lowest BCUT2D eigenvalue weighted by Crippen LogP contribution is -2.31. The zero-order valence-electron chi connectivity index (χ0n) is 10.2. The molecule has 3 heteroatoms. The van der Waals surface area contributed by atoms with Gasteiger partial charge < -0.3 is 5.73 Å². The first-order chi connectivity index (χ1) is 8.19. The van der Waals surface area contributed by atoms with Gasteiger partial charge >= 0.3 is 0 Å². The van der Waals surface area contributed by atoms with Gasteiger partial charge in [-0.1, -0.05) is 13.3 Å². The van der Waals surface area contributed by atoms with Crippen molar-refractivity contribution < 1.29 is 4.39 Å². The molecule has 17 heavy (non-hydrogen) atoms. The summed E-state index contributed by atoms with van der Waals surface area (Å²) in [5.41, 5.74) is 5.84. The monoisotopic (exact) mass is 253 g/mol. The molecule has 3 atom stereocenters. The number of nitrogens with two attached hydrogens (primary N) is 1. The first-order valence-electron chi connectivity index (χ1n) is 6.31. The highest BCUT2D eigenvalue weighted by Gasteiger charge is 2.28. The molecule has 1 aliphatic carbocycles. The van der Waals surface area contributed by atoms with Crippen molar-refractivity contribution in [1.29, 1.82) is 0 Å². The van der Waals surface area contributed by atoms with Crippen molar-refractivity contribution in [2.75, 3.05) is 6.54 Å². The van der Waals surface area contributed by atoms with Crippen molar-refractivity contribution in [3.05, 3.63) is 30.1 Å². The maximum absolute atomic E-state index is 12.8. The van der Waals surface area contributed by atoms with Crippen molar-refractivity contribution in [2.24, 2.45) is 17.6 Å². The van der Waals surface area contributed by atoms with E-state index < -0.39 is 0 Å². The fourth-order valence-electron chi connectivity index (χ4n) is 2.49. The molecule has 0 aliphatic heterocycles.